The van der Waals surface area contributed by atoms with Gasteiger partial charge in [0, 0.05) is 22.5 Å². The van der Waals surface area contributed by atoms with E-state index in [0.717, 1.165) is 5.69 Å². The first-order chi connectivity index (χ1) is 15.0. The number of nitrogens with one attached hydrogen (secondary N) is 1. The molecule has 1 N–H and O–H groups in total. The monoisotopic (exact) mass is 438 g/mol. The zero-order valence-electron chi connectivity index (χ0n) is 16.4. The molecule has 4 aliphatic rings. The summed E-state index contributed by atoms with van der Waals surface area (Å²) in [6, 6.07) is 12.4. The minimum absolute atomic E-state index is 0.114. The minimum Gasteiger partial charge on any atom is -0.486 e. The number of amides is 2. The Morgan fingerprint density at radius 1 is 1.10 bits per heavy atom. The van der Waals surface area contributed by atoms with Crippen LogP contribution >= 0.6 is 11.6 Å². The molecule has 4 atom stereocenters. The molecular weight excluding hydrogens is 420 g/mol. The molecule has 2 fully saturated rings. The van der Waals surface area contributed by atoms with Gasteiger partial charge in [-0.2, -0.15) is 0 Å². The third kappa shape index (κ3) is 2.84. The van der Waals surface area contributed by atoms with Crippen molar-refractivity contribution in [1.29, 1.82) is 0 Å². The zero-order valence-corrected chi connectivity index (χ0v) is 17.2. The third-order valence-corrected chi connectivity index (χ3v) is 6.60. The molecule has 8 heteroatoms. The summed E-state index contributed by atoms with van der Waals surface area (Å²) in [5.41, 5.74) is 0.551. The van der Waals surface area contributed by atoms with Crippen LogP contribution in [0.25, 0.3) is 0 Å². The number of benzene rings is 2. The molecule has 0 saturated carbocycles. The Labute approximate surface area is 183 Å². The number of carbonyl (C=O) groups is 2. The smallest absolute Gasteiger partial charge is 0.234 e. The molecule has 1 spiro atoms. The molecule has 7 nitrogen and oxygen atoms in total. The number of hydrogen-bond acceptors (Lipinski definition) is 5. The second kappa shape index (κ2) is 6.73. The van der Waals surface area contributed by atoms with Crippen LogP contribution in [0.3, 0.4) is 0 Å². The predicted molar refractivity (Wildman–Crippen MR) is 114 cm³/mol. The second-order valence-corrected chi connectivity index (χ2v) is 8.58. The lowest BCUT2D eigenvalue weighted by Gasteiger charge is -2.24. The van der Waals surface area contributed by atoms with Crippen LogP contribution in [0.4, 0.5) is 11.4 Å². The summed E-state index contributed by atoms with van der Waals surface area (Å²) in [7, 11) is 0. The topological polar surface area (TPSA) is 77.1 Å². The molecule has 2 aromatic carbocycles. The molecule has 158 valence electrons. The van der Waals surface area contributed by atoms with Gasteiger partial charge in [-0.05, 0) is 36.4 Å². The normalized spacial score (nSPS) is 29.9. The van der Waals surface area contributed by atoms with Gasteiger partial charge in [-0.3, -0.25) is 9.59 Å². The first kappa shape index (κ1) is 18.7. The molecule has 0 radical (unpaired) electrons. The van der Waals surface area contributed by atoms with Crippen molar-refractivity contribution in [3.63, 3.8) is 0 Å². The fourth-order valence-corrected chi connectivity index (χ4v) is 5.11. The van der Waals surface area contributed by atoms with Gasteiger partial charge in [0.2, 0.25) is 11.8 Å². The summed E-state index contributed by atoms with van der Waals surface area (Å²) in [5, 5.41) is 3.53. The standard InChI is InChI=1S/C23H19ClN2O5/c24-13-1-4-15(5-2-13)26-12-23-8-7-17(31-23)19(20(23)22(26)28)21(27)25-14-3-6-16-18(11-14)30-10-9-29-16/h1-8,11,17,19-20H,9-10,12H2,(H,25,27)/t17-,19-,20-,23+/m1/s1. The first-order valence-electron chi connectivity index (χ1n) is 10.2. The third-order valence-electron chi connectivity index (χ3n) is 6.35. The van der Waals surface area contributed by atoms with E-state index in [2.05, 4.69) is 5.32 Å². The average Bonchev–Trinajstić information content (AvgIpc) is 3.42. The molecule has 4 heterocycles. The number of ether oxygens (including phenoxy) is 3. The Balaban J connectivity index is 1.27. The van der Waals surface area contributed by atoms with E-state index in [1.54, 1.807) is 47.4 Å². The Morgan fingerprint density at radius 3 is 2.68 bits per heavy atom. The Hall–Kier alpha value is -3.03. The van der Waals surface area contributed by atoms with Crippen molar-refractivity contribution < 1.29 is 23.8 Å². The van der Waals surface area contributed by atoms with Gasteiger partial charge < -0.3 is 24.4 Å². The Kier molecular flexibility index (Phi) is 4.07. The molecule has 2 aromatic rings. The van der Waals surface area contributed by atoms with E-state index in [1.807, 2.05) is 12.2 Å². The molecule has 31 heavy (non-hydrogen) atoms. The lowest BCUT2D eigenvalue weighted by atomic mass is 9.77. The van der Waals surface area contributed by atoms with Crippen LogP contribution in [0.2, 0.25) is 5.02 Å². The minimum atomic E-state index is -0.782. The van der Waals surface area contributed by atoms with E-state index < -0.39 is 23.5 Å². The molecule has 0 unspecified atom stereocenters. The van der Waals surface area contributed by atoms with E-state index in [4.69, 9.17) is 25.8 Å². The maximum Gasteiger partial charge on any atom is 0.234 e. The quantitative estimate of drug-likeness (QED) is 0.745. The van der Waals surface area contributed by atoms with Crippen LogP contribution in [0.15, 0.2) is 54.6 Å². The number of rotatable bonds is 3. The SMILES string of the molecule is O=C(Nc1ccc2c(c1)OCCO2)[C@@H]1[C@H]2C=C[C@@]3(CN(c4ccc(Cl)cc4)C(=O)[C@@H]13)O2. The van der Waals surface area contributed by atoms with Gasteiger partial charge >= 0.3 is 0 Å². The summed E-state index contributed by atoms with van der Waals surface area (Å²) in [5.74, 6) is -0.298. The van der Waals surface area contributed by atoms with Crippen molar-refractivity contribution in [3.05, 3.63) is 59.6 Å². The molecule has 0 aromatic heterocycles. The largest absolute Gasteiger partial charge is 0.486 e. The van der Waals surface area contributed by atoms with Crippen molar-refractivity contribution >= 4 is 34.8 Å². The lowest BCUT2D eigenvalue weighted by Crippen LogP contribution is -2.41. The maximum absolute atomic E-state index is 13.4. The first-order valence-corrected chi connectivity index (χ1v) is 10.6. The summed E-state index contributed by atoms with van der Waals surface area (Å²) in [6.45, 7) is 1.34. The van der Waals surface area contributed by atoms with Crippen LogP contribution in [-0.2, 0) is 14.3 Å². The summed E-state index contributed by atoms with van der Waals surface area (Å²) in [4.78, 5) is 28.3. The van der Waals surface area contributed by atoms with Crippen molar-refractivity contribution in [2.24, 2.45) is 11.8 Å². The fraction of sp³-hybridized carbons (Fsp3) is 0.304. The molecular formula is C23H19ClN2O5. The second-order valence-electron chi connectivity index (χ2n) is 8.15. The van der Waals surface area contributed by atoms with Crippen molar-refractivity contribution in [2.75, 3.05) is 30.0 Å². The van der Waals surface area contributed by atoms with Crippen LogP contribution < -0.4 is 19.7 Å². The fourth-order valence-electron chi connectivity index (χ4n) is 4.98. The van der Waals surface area contributed by atoms with Gasteiger partial charge in [0.05, 0.1) is 24.5 Å². The van der Waals surface area contributed by atoms with Gasteiger partial charge in [0.1, 0.15) is 18.8 Å². The molecule has 6 rings (SSSR count). The molecule has 2 bridgehead atoms. The van der Waals surface area contributed by atoms with Gasteiger partial charge in [0.15, 0.2) is 11.5 Å². The summed E-state index contributed by atoms with van der Waals surface area (Å²) < 4.78 is 17.3. The zero-order chi connectivity index (χ0) is 21.2. The number of halogens is 1. The van der Waals surface area contributed by atoms with E-state index in [9.17, 15) is 9.59 Å². The Morgan fingerprint density at radius 2 is 1.87 bits per heavy atom. The number of hydrogen-bond donors (Lipinski definition) is 1. The molecule has 4 aliphatic heterocycles. The van der Waals surface area contributed by atoms with E-state index in [1.165, 1.54) is 0 Å². The Bertz CT molecular complexity index is 1120. The van der Waals surface area contributed by atoms with Crippen molar-refractivity contribution in [2.45, 2.75) is 11.7 Å². The molecule has 0 aliphatic carbocycles. The number of fused-ring (bicyclic) bond motifs is 2. The summed E-state index contributed by atoms with van der Waals surface area (Å²) >= 11 is 5.99. The number of nitrogens with zero attached hydrogens (tertiary/aromatic N) is 1. The lowest BCUT2D eigenvalue weighted by molar-refractivity contribution is -0.128. The average molecular weight is 439 g/mol. The highest BCUT2D eigenvalue weighted by Gasteiger charge is 2.67. The predicted octanol–water partition coefficient (Wildman–Crippen LogP) is 3.04. The van der Waals surface area contributed by atoms with Crippen LogP contribution in [0.1, 0.15) is 0 Å². The summed E-state index contributed by atoms with van der Waals surface area (Å²) in [6.07, 6.45) is 3.41. The maximum atomic E-state index is 13.4. The van der Waals surface area contributed by atoms with Gasteiger partial charge in [-0.25, -0.2) is 0 Å². The van der Waals surface area contributed by atoms with Crippen LogP contribution in [0.5, 0.6) is 11.5 Å². The highest BCUT2D eigenvalue weighted by atomic mass is 35.5. The van der Waals surface area contributed by atoms with E-state index >= 15 is 0 Å². The van der Waals surface area contributed by atoms with E-state index in [0.29, 0.717) is 42.0 Å². The number of anilines is 2. The van der Waals surface area contributed by atoms with Gasteiger partial charge in [0.25, 0.3) is 0 Å². The van der Waals surface area contributed by atoms with Crippen molar-refractivity contribution in [1.82, 2.24) is 0 Å². The van der Waals surface area contributed by atoms with Gasteiger partial charge in [-0.1, -0.05) is 23.8 Å². The molecule has 2 saturated heterocycles. The highest BCUT2D eigenvalue weighted by molar-refractivity contribution is 6.30. The van der Waals surface area contributed by atoms with Gasteiger partial charge in [-0.15, -0.1) is 0 Å². The van der Waals surface area contributed by atoms with E-state index in [-0.39, 0.29) is 11.8 Å². The van der Waals surface area contributed by atoms with Crippen LogP contribution in [-0.4, -0.2) is 43.3 Å². The highest BCUT2D eigenvalue weighted by Crippen LogP contribution is 2.53. The number of carbonyl (C=O) groups excluding carboxylic acids is 2. The van der Waals surface area contributed by atoms with Crippen LogP contribution in [0, 0.1) is 11.8 Å². The molecule has 2 amide bonds. The van der Waals surface area contributed by atoms with Crippen molar-refractivity contribution in [3.8, 4) is 11.5 Å².